The van der Waals surface area contributed by atoms with Gasteiger partial charge in [0, 0.05) is 24.6 Å². The van der Waals surface area contributed by atoms with Crippen molar-refractivity contribution in [2.75, 3.05) is 37.0 Å². The molecule has 7 heteroatoms. The van der Waals surface area contributed by atoms with Crippen LogP contribution in [0.25, 0.3) is 10.2 Å². The number of anilines is 1. The Bertz CT molecular complexity index is 923. The molecular formula is C20H21N3O2S2. The SMILES string of the molecule is COc1ccc2nc(NC(=O)C(c3ccccc3)N3CCSCC3)sc2c1. The molecule has 27 heavy (non-hydrogen) atoms. The molecule has 1 atom stereocenters. The molecule has 5 nitrogen and oxygen atoms in total. The van der Waals surface area contributed by atoms with E-state index in [0.29, 0.717) is 5.13 Å². The molecule has 140 valence electrons. The van der Waals surface area contributed by atoms with E-state index < -0.39 is 0 Å². The van der Waals surface area contributed by atoms with E-state index in [1.54, 1.807) is 7.11 Å². The van der Waals surface area contributed by atoms with Gasteiger partial charge in [-0.3, -0.25) is 9.69 Å². The van der Waals surface area contributed by atoms with Gasteiger partial charge in [0.2, 0.25) is 5.91 Å². The van der Waals surface area contributed by atoms with Gasteiger partial charge in [-0.05, 0) is 23.8 Å². The van der Waals surface area contributed by atoms with Crippen LogP contribution in [0.1, 0.15) is 11.6 Å². The monoisotopic (exact) mass is 399 g/mol. The number of amides is 1. The van der Waals surface area contributed by atoms with Crippen molar-refractivity contribution < 1.29 is 9.53 Å². The average molecular weight is 400 g/mol. The molecule has 0 spiro atoms. The van der Waals surface area contributed by atoms with Crippen molar-refractivity contribution in [2.45, 2.75) is 6.04 Å². The molecule has 0 saturated carbocycles. The summed E-state index contributed by atoms with van der Waals surface area (Å²) < 4.78 is 6.27. The molecule has 3 aromatic rings. The zero-order chi connectivity index (χ0) is 18.6. The molecular weight excluding hydrogens is 378 g/mol. The molecule has 0 radical (unpaired) electrons. The third-order valence-electron chi connectivity index (χ3n) is 4.60. The van der Waals surface area contributed by atoms with Crippen molar-refractivity contribution >= 4 is 44.4 Å². The van der Waals surface area contributed by atoms with E-state index in [2.05, 4.69) is 15.2 Å². The van der Waals surface area contributed by atoms with E-state index in [9.17, 15) is 4.79 Å². The molecule has 1 unspecified atom stereocenters. The summed E-state index contributed by atoms with van der Waals surface area (Å²) in [5, 5.41) is 3.66. The van der Waals surface area contributed by atoms with Crippen LogP contribution in [0.3, 0.4) is 0 Å². The molecule has 1 aromatic heterocycles. The van der Waals surface area contributed by atoms with Crippen LogP contribution < -0.4 is 10.1 Å². The largest absolute Gasteiger partial charge is 0.497 e. The second-order valence-electron chi connectivity index (χ2n) is 6.30. The molecule has 0 bridgehead atoms. The highest BCUT2D eigenvalue weighted by atomic mass is 32.2. The fourth-order valence-corrected chi connectivity index (χ4v) is 5.09. The van der Waals surface area contributed by atoms with E-state index in [4.69, 9.17) is 4.74 Å². The van der Waals surface area contributed by atoms with Crippen LogP contribution in [-0.4, -0.2) is 47.5 Å². The number of carbonyl (C=O) groups excluding carboxylic acids is 1. The number of fused-ring (bicyclic) bond motifs is 1. The quantitative estimate of drug-likeness (QED) is 0.702. The Labute approximate surface area is 166 Å². The number of thioether (sulfide) groups is 1. The van der Waals surface area contributed by atoms with E-state index >= 15 is 0 Å². The molecule has 1 saturated heterocycles. The first-order chi connectivity index (χ1) is 13.2. The average Bonchev–Trinajstić information content (AvgIpc) is 3.11. The van der Waals surface area contributed by atoms with Crippen molar-refractivity contribution in [2.24, 2.45) is 0 Å². The van der Waals surface area contributed by atoms with Crippen LogP contribution >= 0.6 is 23.1 Å². The summed E-state index contributed by atoms with van der Waals surface area (Å²) in [6, 6.07) is 15.4. The Kier molecular flexibility index (Phi) is 5.61. The normalized spacial score (nSPS) is 16.2. The van der Waals surface area contributed by atoms with Gasteiger partial charge in [0.1, 0.15) is 11.8 Å². The molecule has 1 aliphatic rings. The Morgan fingerprint density at radius 2 is 1.96 bits per heavy atom. The summed E-state index contributed by atoms with van der Waals surface area (Å²) in [6.45, 7) is 1.82. The van der Waals surface area contributed by atoms with Crippen LogP contribution in [-0.2, 0) is 4.79 Å². The lowest BCUT2D eigenvalue weighted by molar-refractivity contribution is -0.121. The maximum absolute atomic E-state index is 13.2. The van der Waals surface area contributed by atoms with Gasteiger partial charge in [0.05, 0.1) is 17.3 Å². The third kappa shape index (κ3) is 4.10. The van der Waals surface area contributed by atoms with Gasteiger partial charge in [0.15, 0.2) is 5.13 Å². The predicted molar refractivity (Wildman–Crippen MR) is 113 cm³/mol. The van der Waals surface area contributed by atoms with Gasteiger partial charge < -0.3 is 10.1 Å². The molecule has 4 rings (SSSR count). The number of rotatable bonds is 5. The minimum atomic E-state index is -0.298. The fraction of sp³-hybridized carbons (Fsp3) is 0.300. The summed E-state index contributed by atoms with van der Waals surface area (Å²) in [4.78, 5) is 20.0. The van der Waals surface area contributed by atoms with E-state index in [1.807, 2.05) is 60.3 Å². The number of benzene rings is 2. The summed E-state index contributed by atoms with van der Waals surface area (Å²) >= 11 is 3.41. The van der Waals surface area contributed by atoms with Gasteiger partial charge >= 0.3 is 0 Å². The summed E-state index contributed by atoms with van der Waals surface area (Å²) in [7, 11) is 1.65. The van der Waals surface area contributed by atoms with Gasteiger partial charge in [-0.1, -0.05) is 41.7 Å². The number of nitrogens with one attached hydrogen (secondary N) is 1. The number of methoxy groups -OCH3 is 1. The maximum atomic E-state index is 13.2. The van der Waals surface area contributed by atoms with E-state index in [-0.39, 0.29) is 11.9 Å². The Morgan fingerprint density at radius 3 is 2.70 bits per heavy atom. The first-order valence-corrected chi connectivity index (χ1v) is 10.8. The van der Waals surface area contributed by atoms with Crippen LogP contribution in [0.4, 0.5) is 5.13 Å². The van der Waals surface area contributed by atoms with Crippen molar-refractivity contribution in [3.63, 3.8) is 0 Å². The number of hydrogen-bond donors (Lipinski definition) is 1. The van der Waals surface area contributed by atoms with Crippen molar-refractivity contribution in [3.8, 4) is 5.75 Å². The summed E-state index contributed by atoms with van der Waals surface area (Å²) in [5.41, 5.74) is 1.88. The number of ether oxygens (including phenoxy) is 1. The lowest BCUT2D eigenvalue weighted by Crippen LogP contribution is -2.41. The summed E-state index contributed by atoms with van der Waals surface area (Å²) in [5.74, 6) is 2.87. The smallest absolute Gasteiger partial charge is 0.248 e. The fourth-order valence-electron chi connectivity index (χ4n) is 3.26. The number of carbonyl (C=O) groups is 1. The first kappa shape index (κ1) is 18.3. The van der Waals surface area contributed by atoms with Gasteiger partial charge in [-0.25, -0.2) is 4.98 Å². The second kappa shape index (κ2) is 8.29. The standard InChI is InChI=1S/C20H21N3O2S2/c1-25-15-7-8-16-17(13-15)27-20(21-16)22-19(24)18(14-5-3-2-4-6-14)23-9-11-26-12-10-23/h2-8,13,18H,9-12H2,1H3,(H,21,22,24). The number of hydrogen-bond acceptors (Lipinski definition) is 6. The predicted octanol–water partition coefficient (Wildman–Crippen LogP) is 4.03. The topological polar surface area (TPSA) is 54.5 Å². The highest BCUT2D eigenvalue weighted by Gasteiger charge is 2.29. The maximum Gasteiger partial charge on any atom is 0.248 e. The highest BCUT2D eigenvalue weighted by Crippen LogP contribution is 2.31. The lowest BCUT2D eigenvalue weighted by atomic mass is 10.0. The molecule has 2 heterocycles. The number of thiazole rings is 1. The van der Waals surface area contributed by atoms with Crippen LogP contribution in [0.15, 0.2) is 48.5 Å². The minimum absolute atomic E-state index is 0.0286. The van der Waals surface area contributed by atoms with Crippen LogP contribution in [0, 0.1) is 0 Å². The first-order valence-electron chi connectivity index (χ1n) is 8.87. The Hall–Kier alpha value is -2.09. The molecule has 1 N–H and O–H groups in total. The van der Waals surface area contributed by atoms with E-state index in [0.717, 1.165) is 46.1 Å². The van der Waals surface area contributed by atoms with Crippen molar-refractivity contribution in [1.82, 2.24) is 9.88 Å². The summed E-state index contributed by atoms with van der Waals surface area (Å²) in [6.07, 6.45) is 0. The second-order valence-corrected chi connectivity index (χ2v) is 8.56. The van der Waals surface area contributed by atoms with Gasteiger partial charge in [-0.2, -0.15) is 11.8 Å². The van der Waals surface area contributed by atoms with E-state index in [1.165, 1.54) is 11.3 Å². The zero-order valence-corrected chi connectivity index (χ0v) is 16.7. The van der Waals surface area contributed by atoms with Crippen molar-refractivity contribution in [1.29, 1.82) is 0 Å². The number of aromatic nitrogens is 1. The number of nitrogens with zero attached hydrogens (tertiary/aromatic N) is 2. The van der Waals surface area contributed by atoms with Gasteiger partial charge in [0.25, 0.3) is 0 Å². The molecule has 2 aromatic carbocycles. The Balaban J connectivity index is 1.59. The van der Waals surface area contributed by atoms with Crippen LogP contribution in [0.5, 0.6) is 5.75 Å². The molecule has 0 aliphatic carbocycles. The lowest BCUT2D eigenvalue weighted by Gasteiger charge is -2.33. The zero-order valence-electron chi connectivity index (χ0n) is 15.1. The third-order valence-corrected chi connectivity index (χ3v) is 6.48. The Morgan fingerprint density at radius 1 is 1.19 bits per heavy atom. The van der Waals surface area contributed by atoms with Crippen LogP contribution in [0.2, 0.25) is 0 Å². The van der Waals surface area contributed by atoms with Crippen molar-refractivity contribution in [3.05, 3.63) is 54.1 Å². The molecule has 1 fully saturated rings. The molecule has 1 amide bonds. The highest BCUT2D eigenvalue weighted by molar-refractivity contribution is 7.99. The van der Waals surface area contributed by atoms with Gasteiger partial charge in [-0.15, -0.1) is 0 Å². The molecule has 1 aliphatic heterocycles. The minimum Gasteiger partial charge on any atom is -0.497 e.